The number of pyridine rings is 1. The van der Waals surface area contributed by atoms with Gasteiger partial charge in [0.05, 0.1) is 35.8 Å². The molecule has 1 aliphatic heterocycles. The Kier molecular flexibility index (Phi) is 7.34. The van der Waals surface area contributed by atoms with Crippen LogP contribution in [0.4, 0.5) is 23.2 Å². The number of fused-ring (bicyclic) bond motifs is 1. The standard InChI is InChI=1S/C30H30F4N6O4/c1-28(39-40-35)14-36-26-21(28)13-24(38-25(26)16-2-5-18(31)6-3-16)29(42,30(32,33)34)15-37-27(41)17-4-11-22(43-19-7-8-19)23(12-17)44-20-9-10-20/h2-6,11-13,19-20,36,42H,7-10,14-15H2,1H3,(H2,35,39)(H,37,41)/t28-,29-/m1/s1. The van der Waals surface area contributed by atoms with Gasteiger partial charge in [0.1, 0.15) is 11.4 Å². The molecule has 14 heteroatoms. The van der Waals surface area contributed by atoms with E-state index in [0.29, 0.717) is 17.2 Å². The van der Waals surface area contributed by atoms with Crippen LogP contribution in [0.3, 0.4) is 0 Å². The number of carbonyl (C=O) groups is 1. The van der Waals surface area contributed by atoms with E-state index < -0.39 is 41.3 Å². The highest BCUT2D eigenvalue weighted by atomic mass is 19.4. The SMILES string of the molecule is C[C@@]1(N=NN)CNc2c1cc([C@](O)(CNC(=O)c1ccc(OC3CC3)c(OC3CC3)c1)C(F)(F)F)nc2-c1ccc(F)cc1. The van der Waals surface area contributed by atoms with Gasteiger partial charge in [-0.3, -0.25) is 4.79 Å². The third-order valence-electron chi connectivity index (χ3n) is 7.84. The molecule has 232 valence electrons. The van der Waals surface area contributed by atoms with Crippen LogP contribution in [0.15, 0.2) is 58.9 Å². The van der Waals surface area contributed by atoms with E-state index in [2.05, 4.69) is 26.0 Å². The predicted octanol–water partition coefficient (Wildman–Crippen LogP) is 5.12. The van der Waals surface area contributed by atoms with Gasteiger partial charge in [-0.25, -0.2) is 9.37 Å². The average molecular weight is 615 g/mol. The lowest BCUT2D eigenvalue weighted by Gasteiger charge is -2.31. The molecule has 0 unspecified atom stereocenters. The van der Waals surface area contributed by atoms with Crippen LogP contribution in [-0.4, -0.2) is 47.5 Å². The van der Waals surface area contributed by atoms with Crippen molar-refractivity contribution in [3.8, 4) is 22.8 Å². The molecule has 0 spiro atoms. The number of nitrogens with one attached hydrogen (secondary N) is 2. The number of rotatable bonds is 10. The maximum Gasteiger partial charge on any atom is 0.424 e. The summed E-state index contributed by atoms with van der Waals surface area (Å²) in [6, 6.07) is 10.5. The molecule has 2 saturated carbocycles. The van der Waals surface area contributed by atoms with Gasteiger partial charge < -0.3 is 31.1 Å². The first-order valence-corrected chi connectivity index (χ1v) is 14.1. The summed E-state index contributed by atoms with van der Waals surface area (Å²) in [4.78, 5) is 17.4. The van der Waals surface area contributed by atoms with Crippen molar-refractivity contribution in [1.82, 2.24) is 10.3 Å². The first-order valence-electron chi connectivity index (χ1n) is 14.1. The number of ether oxygens (including phenoxy) is 2. The molecule has 1 aromatic heterocycles. The number of amides is 1. The summed E-state index contributed by atoms with van der Waals surface area (Å²) in [5.74, 6) is 4.68. The van der Waals surface area contributed by atoms with Crippen molar-refractivity contribution in [2.24, 2.45) is 16.2 Å². The summed E-state index contributed by atoms with van der Waals surface area (Å²) < 4.78 is 69.6. The Hall–Kier alpha value is -4.46. The van der Waals surface area contributed by atoms with Gasteiger partial charge in [0.2, 0.25) is 5.60 Å². The molecular formula is C30H30F4N6O4. The maximum absolute atomic E-state index is 14.7. The number of anilines is 1. The molecule has 44 heavy (non-hydrogen) atoms. The zero-order valence-corrected chi connectivity index (χ0v) is 23.6. The summed E-state index contributed by atoms with van der Waals surface area (Å²) in [5.41, 5.74) is -4.71. The largest absolute Gasteiger partial charge is 0.487 e. The molecule has 1 amide bonds. The quantitative estimate of drug-likeness (QED) is 0.107. The van der Waals surface area contributed by atoms with Crippen LogP contribution in [0.5, 0.6) is 11.5 Å². The lowest BCUT2D eigenvalue weighted by atomic mass is 9.89. The Morgan fingerprint density at radius 3 is 2.36 bits per heavy atom. The molecule has 2 aromatic carbocycles. The zero-order valence-electron chi connectivity index (χ0n) is 23.6. The molecule has 3 aromatic rings. The molecule has 2 heterocycles. The minimum absolute atomic E-state index is 0.00893. The van der Waals surface area contributed by atoms with Crippen molar-refractivity contribution in [2.75, 3.05) is 18.4 Å². The fourth-order valence-corrected chi connectivity index (χ4v) is 4.97. The third-order valence-corrected chi connectivity index (χ3v) is 7.84. The van der Waals surface area contributed by atoms with Crippen molar-refractivity contribution >= 4 is 11.6 Å². The molecule has 0 saturated heterocycles. The van der Waals surface area contributed by atoms with Crippen molar-refractivity contribution in [1.29, 1.82) is 0 Å². The van der Waals surface area contributed by atoms with Crippen LogP contribution in [0.2, 0.25) is 0 Å². The van der Waals surface area contributed by atoms with Gasteiger partial charge in [0, 0.05) is 23.2 Å². The number of benzene rings is 2. The number of aliphatic hydroxyl groups is 1. The average Bonchev–Trinajstić information content (AvgIpc) is 3.93. The Morgan fingerprint density at radius 2 is 1.75 bits per heavy atom. The van der Waals surface area contributed by atoms with Crippen molar-refractivity contribution in [2.45, 2.75) is 62.1 Å². The highest BCUT2D eigenvalue weighted by Gasteiger charge is 2.57. The lowest BCUT2D eigenvalue weighted by molar-refractivity contribution is -0.265. The fourth-order valence-electron chi connectivity index (χ4n) is 4.97. The number of nitrogens with two attached hydrogens (primary N) is 1. The number of alkyl halides is 3. The van der Waals surface area contributed by atoms with E-state index in [0.717, 1.165) is 43.9 Å². The van der Waals surface area contributed by atoms with E-state index in [1.807, 2.05) is 0 Å². The van der Waals surface area contributed by atoms with Gasteiger partial charge in [-0.1, -0.05) is 5.22 Å². The van der Waals surface area contributed by atoms with E-state index in [9.17, 15) is 27.5 Å². The van der Waals surface area contributed by atoms with Crippen LogP contribution in [0, 0.1) is 5.82 Å². The van der Waals surface area contributed by atoms with Crippen LogP contribution in [-0.2, 0) is 11.1 Å². The zero-order chi connectivity index (χ0) is 31.3. The maximum atomic E-state index is 14.7. The Morgan fingerprint density at radius 1 is 1.09 bits per heavy atom. The summed E-state index contributed by atoms with van der Waals surface area (Å²) in [7, 11) is 0. The first-order chi connectivity index (χ1) is 20.9. The van der Waals surface area contributed by atoms with E-state index in [4.69, 9.17) is 15.3 Å². The summed E-state index contributed by atoms with van der Waals surface area (Å²) in [6.07, 6.45) is -1.69. The van der Waals surface area contributed by atoms with Gasteiger partial charge in [-0.15, -0.1) is 0 Å². The minimum atomic E-state index is -5.28. The molecule has 10 nitrogen and oxygen atoms in total. The molecular weight excluding hydrogens is 584 g/mol. The Labute approximate surface area is 249 Å². The molecule has 6 rings (SSSR count). The van der Waals surface area contributed by atoms with Gasteiger partial charge in [-0.05, 0) is 81.1 Å². The second-order valence-corrected chi connectivity index (χ2v) is 11.5. The number of carbonyl (C=O) groups excluding carboxylic acids is 1. The number of hydrogen-bond donors (Lipinski definition) is 4. The second-order valence-electron chi connectivity index (χ2n) is 11.5. The van der Waals surface area contributed by atoms with E-state index in [1.54, 1.807) is 13.0 Å². The van der Waals surface area contributed by atoms with Gasteiger partial charge >= 0.3 is 6.18 Å². The number of halogens is 4. The number of aromatic nitrogens is 1. The normalized spacial score (nSPS) is 21.0. The summed E-state index contributed by atoms with van der Waals surface area (Å²) in [5, 5.41) is 23.9. The highest BCUT2D eigenvalue weighted by molar-refractivity contribution is 5.95. The second kappa shape index (κ2) is 10.9. The van der Waals surface area contributed by atoms with E-state index >= 15 is 0 Å². The molecule has 2 fully saturated rings. The monoisotopic (exact) mass is 614 g/mol. The van der Waals surface area contributed by atoms with Crippen LogP contribution < -0.4 is 25.9 Å². The molecule has 0 bridgehead atoms. The smallest absolute Gasteiger partial charge is 0.424 e. The summed E-state index contributed by atoms with van der Waals surface area (Å²) in [6.45, 7) is 0.466. The van der Waals surface area contributed by atoms with Crippen molar-refractivity contribution in [3.63, 3.8) is 0 Å². The minimum Gasteiger partial charge on any atom is -0.487 e. The number of nitrogens with zero attached hydrogens (tertiary/aromatic N) is 3. The van der Waals surface area contributed by atoms with Crippen LogP contribution >= 0.6 is 0 Å². The van der Waals surface area contributed by atoms with Crippen LogP contribution in [0.25, 0.3) is 11.3 Å². The van der Waals surface area contributed by atoms with Crippen LogP contribution in [0.1, 0.15) is 54.2 Å². The molecule has 3 aliphatic rings. The van der Waals surface area contributed by atoms with E-state index in [-0.39, 0.29) is 41.1 Å². The lowest BCUT2D eigenvalue weighted by Crippen LogP contribution is -2.51. The van der Waals surface area contributed by atoms with E-state index in [1.165, 1.54) is 24.3 Å². The van der Waals surface area contributed by atoms with Crippen molar-refractivity contribution < 1.29 is 36.9 Å². The van der Waals surface area contributed by atoms with Gasteiger partial charge in [-0.2, -0.15) is 18.3 Å². The number of hydrogen-bond acceptors (Lipinski definition) is 8. The fraction of sp³-hybridized carbons (Fsp3) is 0.400. The predicted molar refractivity (Wildman–Crippen MR) is 151 cm³/mol. The highest BCUT2D eigenvalue weighted by Crippen LogP contribution is 2.47. The van der Waals surface area contributed by atoms with Gasteiger partial charge in [0.15, 0.2) is 11.5 Å². The first kappa shape index (κ1) is 29.6. The van der Waals surface area contributed by atoms with Gasteiger partial charge in [0.25, 0.3) is 5.91 Å². The molecule has 0 radical (unpaired) electrons. The molecule has 2 atom stereocenters. The topological polar surface area (TPSA) is 143 Å². The third kappa shape index (κ3) is 5.73. The Bertz CT molecular complexity index is 1610. The Balaban J connectivity index is 1.35. The summed E-state index contributed by atoms with van der Waals surface area (Å²) >= 11 is 0. The molecule has 2 aliphatic carbocycles. The van der Waals surface area contributed by atoms with Crippen molar-refractivity contribution in [3.05, 3.63) is 71.2 Å². The molecule has 5 N–H and O–H groups in total.